The molecule has 0 spiro atoms. The van der Waals surface area contributed by atoms with Gasteiger partial charge in [-0.25, -0.2) is 9.78 Å². The van der Waals surface area contributed by atoms with Crippen LogP contribution in [-0.4, -0.2) is 46.1 Å². The smallest absolute Gasteiger partial charge is 0.326 e. The van der Waals surface area contributed by atoms with Gasteiger partial charge in [0.25, 0.3) is 5.91 Å². The molecule has 0 aromatic carbocycles. The van der Waals surface area contributed by atoms with Crippen LogP contribution in [0.5, 0.6) is 5.75 Å². The molecule has 20 heavy (non-hydrogen) atoms. The molecule has 6 nitrogen and oxygen atoms in total. The lowest BCUT2D eigenvalue weighted by Gasteiger charge is -2.22. The van der Waals surface area contributed by atoms with Gasteiger partial charge in [-0.15, -0.1) is 0 Å². The van der Waals surface area contributed by atoms with Crippen molar-refractivity contribution in [2.24, 2.45) is 0 Å². The molecule has 0 saturated carbocycles. The Bertz CT molecular complexity index is 558. The molecule has 1 atom stereocenters. The van der Waals surface area contributed by atoms with Gasteiger partial charge in [0.15, 0.2) is 0 Å². The second-order valence-corrected chi connectivity index (χ2v) is 5.12. The summed E-state index contributed by atoms with van der Waals surface area (Å²) in [6.07, 6.45) is 4.58. The minimum atomic E-state index is -0.947. The van der Waals surface area contributed by atoms with Gasteiger partial charge < -0.3 is 14.7 Å². The van der Waals surface area contributed by atoms with Gasteiger partial charge in [-0.1, -0.05) is 0 Å². The molecule has 1 amide bonds. The van der Waals surface area contributed by atoms with Crippen molar-refractivity contribution >= 4 is 11.9 Å². The number of aryl methyl sites for hydroxylation is 1. The first-order valence-electron chi connectivity index (χ1n) is 6.82. The minimum Gasteiger partial charge on any atom is -0.492 e. The normalized spacial score (nSPS) is 21.2. The molecule has 3 heterocycles. The topological polar surface area (TPSA) is 79.7 Å². The third-order valence-corrected chi connectivity index (χ3v) is 3.81. The fourth-order valence-corrected chi connectivity index (χ4v) is 2.79. The van der Waals surface area contributed by atoms with Gasteiger partial charge in [0, 0.05) is 6.54 Å². The summed E-state index contributed by atoms with van der Waals surface area (Å²) in [4.78, 5) is 29.1. The number of fused-ring (bicyclic) bond motifs is 1. The van der Waals surface area contributed by atoms with Gasteiger partial charge >= 0.3 is 5.97 Å². The zero-order valence-electron chi connectivity index (χ0n) is 11.0. The van der Waals surface area contributed by atoms with Crippen LogP contribution in [0.1, 0.15) is 35.3 Å². The Hall–Kier alpha value is -2.11. The summed E-state index contributed by atoms with van der Waals surface area (Å²) in [6, 6.07) is 1.00. The van der Waals surface area contributed by atoms with Crippen molar-refractivity contribution < 1.29 is 19.4 Å². The molecule has 0 aliphatic carbocycles. The molecule has 1 aromatic heterocycles. The average molecular weight is 276 g/mol. The van der Waals surface area contributed by atoms with E-state index in [4.69, 9.17) is 9.84 Å². The molecule has 2 aliphatic heterocycles. The van der Waals surface area contributed by atoms with E-state index in [1.807, 2.05) is 0 Å². The van der Waals surface area contributed by atoms with Crippen molar-refractivity contribution in [3.63, 3.8) is 0 Å². The van der Waals surface area contributed by atoms with Crippen molar-refractivity contribution in [1.29, 1.82) is 0 Å². The molecule has 1 N–H and O–H groups in total. The number of pyridine rings is 1. The van der Waals surface area contributed by atoms with Crippen LogP contribution >= 0.6 is 0 Å². The van der Waals surface area contributed by atoms with Crippen LogP contribution in [0.15, 0.2) is 12.3 Å². The lowest BCUT2D eigenvalue weighted by Crippen LogP contribution is -2.40. The van der Waals surface area contributed by atoms with Crippen molar-refractivity contribution in [2.45, 2.75) is 31.7 Å². The Morgan fingerprint density at radius 1 is 1.40 bits per heavy atom. The van der Waals surface area contributed by atoms with Crippen LogP contribution in [0, 0.1) is 0 Å². The van der Waals surface area contributed by atoms with E-state index in [-0.39, 0.29) is 5.91 Å². The highest BCUT2D eigenvalue weighted by Crippen LogP contribution is 2.26. The number of rotatable bonds is 2. The van der Waals surface area contributed by atoms with Crippen molar-refractivity contribution in [2.75, 3.05) is 13.2 Å². The predicted molar refractivity (Wildman–Crippen MR) is 69.7 cm³/mol. The number of carboxylic acid groups (broad SMARTS) is 1. The molecule has 106 valence electrons. The predicted octanol–water partition coefficient (Wildman–Crippen LogP) is 1.10. The standard InChI is InChI=1S/C14H16N2O4/c17-13(16-5-1-4-11(16)14(18)19)10-7-9-3-2-6-20-12(9)8-15-10/h7-8,11H,1-6H2,(H,18,19)/t11-/m0/s1. The number of hydrogen-bond acceptors (Lipinski definition) is 4. The first kappa shape index (κ1) is 12.9. The summed E-state index contributed by atoms with van der Waals surface area (Å²) < 4.78 is 5.46. The van der Waals surface area contributed by atoms with E-state index in [0.717, 1.165) is 30.6 Å². The summed E-state index contributed by atoms with van der Waals surface area (Å²) in [5.74, 6) is -0.524. The second kappa shape index (κ2) is 5.11. The summed E-state index contributed by atoms with van der Waals surface area (Å²) in [5, 5.41) is 9.14. The number of likely N-dealkylation sites (tertiary alicyclic amines) is 1. The van der Waals surface area contributed by atoms with Gasteiger partial charge in [-0.2, -0.15) is 0 Å². The highest BCUT2D eigenvalue weighted by Gasteiger charge is 2.35. The maximum absolute atomic E-state index is 12.4. The van der Waals surface area contributed by atoms with E-state index in [1.165, 1.54) is 4.90 Å². The lowest BCUT2D eigenvalue weighted by atomic mass is 10.1. The summed E-state index contributed by atoms with van der Waals surface area (Å²) in [6.45, 7) is 1.15. The number of hydrogen-bond donors (Lipinski definition) is 1. The van der Waals surface area contributed by atoms with E-state index in [1.54, 1.807) is 12.3 Å². The Kier molecular flexibility index (Phi) is 3.30. The number of amides is 1. The van der Waals surface area contributed by atoms with Gasteiger partial charge in [0.1, 0.15) is 17.5 Å². The van der Waals surface area contributed by atoms with Gasteiger partial charge in [0.2, 0.25) is 0 Å². The number of aromatic nitrogens is 1. The number of carbonyl (C=O) groups excluding carboxylic acids is 1. The Labute approximate surface area is 116 Å². The third-order valence-electron chi connectivity index (χ3n) is 3.81. The van der Waals surface area contributed by atoms with Crippen LogP contribution in [0.2, 0.25) is 0 Å². The number of carboxylic acids is 1. The summed E-state index contributed by atoms with van der Waals surface area (Å²) in [5.41, 5.74) is 1.28. The Morgan fingerprint density at radius 3 is 3.05 bits per heavy atom. The first-order chi connectivity index (χ1) is 9.66. The molecular formula is C14H16N2O4. The molecule has 6 heteroatoms. The maximum atomic E-state index is 12.4. The SMILES string of the molecule is O=C(O)[C@@H]1CCCN1C(=O)c1cc2c(cn1)OCCC2. The lowest BCUT2D eigenvalue weighted by molar-refractivity contribution is -0.141. The van der Waals surface area contributed by atoms with E-state index in [0.29, 0.717) is 25.3 Å². The van der Waals surface area contributed by atoms with E-state index >= 15 is 0 Å². The van der Waals surface area contributed by atoms with Gasteiger partial charge in [0.05, 0.1) is 12.8 Å². The summed E-state index contributed by atoms with van der Waals surface area (Å²) >= 11 is 0. The molecule has 1 aromatic rings. The van der Waals surface area contributed by atoms with Crippen molar-refractivity contribution in [3.8, 4) is 5.75 Å². The number of carbonyl (C=O) groups is 2. The highest BCUT2D eigenvalue weighted by molar-refractivity contribution is 5.95. The van der Waals surface area contributed by atoms with Crippen molar-refractivity contribution in [1.82, 2.24) is 9.88 Å². The molecule has 2 aliphatic rings. The van der Waals surface area contributed by atoms with Crippen LogP contribution < -0.4 is 4.74 Å². The average Bonchev–Trinajstić information content (AvgIpc) is 2.95. The van der Waals surface area contributed by atoms with E-state index in [9.17, 15) is 9.59 Å². The van der Waals surface area contributed by atoms with E-state index in [2.05, 4.69) is 4.98 Å². The quantitative estimate of drug-likeness (QED) is 0.874. The fraction of sp³-hybridized carbons (Fsp3) is 0.500. The minimum absolute atomic E-state index is 0.303. The molecule has 3 rings (SSSR count). The van der Waals surface area contributed by atoms with Crippen molar-refractivity contribution in [3.05, 3.63) is 23.5 Å². The molecule has 1 fully saturated rings. The molecule has 0 radical (unpaired) electrons. The van der Waals surface area contributed by atoms with E-state index < -0.39 is 12.0 Å². The zero-order valence-corrected chi connectivity index (χ0v) is 11.0. The van der Waals surface area contributed by atoms with Crippen LogP contribution in [0.3, 0.4) is 0 Å². The van der Waals surface area contributed by atoms with Gasteiger partial charge in [-0.05, 0) is 37.3 Å². The number of ether oxygens (including phenoxy) is 1. The zero-order chi connectivity index (χ0) is 14.1. The largest absolute Gasteiger partial charge is 0.492 e. The van der Waals surface area contributed by atoms with Gasteiger partial charge in [-0.3, -0.25) is 4.79 Å². The molecular weight excluding hydrogens is 260 g/mol. The van der Waals surface area contributed by atoms with Crippen LogP contribution in [0.4, 0.5) is 0 Å². The fourth-order valence-electron chi connectivity index (χ4n) is 2.79. The summed E-state index contributed by atoms with van der Waals surface area (Å²) in [7, 11) is 0. The Morgan fingerprint density at radius 2 is 2.25 bits per heavy atom. The Balaban J connectivity index is 1.85. The monoisotopic (exact) mass is 276 g/mol. The van der Waals surface area contributed by atoms with Crippen LogP contribution in [0.25, 0.3) is 0 Å². The molecule has 1 saturated heterocycles. The number of nitrogens with zero attached hydrogens (tertiary/aromatic N) is 2. The molecule has 0 unspecified atom stereocenters. The molecule has 0 bridgehead atoms. The number of aliphatic carboxylic acids is 1. The van der Waals surface area contributed by atoms with Crippen LogP contribution in [-0.2, 0) is 11.2 Å². The second-order valence-electron chi connectivity index (χ2n) is 5.12. The highest BCUT2D eigenvalue weighted by atomic mass is 16.5. The third kappa shape index (κ3) is 2.21. The first-order valence-corrected chi connectivity index (χ1v) is 6.82. The maximum Gasteiger partial charge on any atom is 0.326 e.